The molecule has 1 aliphatic rings. The van der Waals surface area contributed by atoms with Crippen molar-refractivity contribution in [3.05, 3.63) is 64.2 Å². The fraction of sp³-hybridized carbons (Fsp3) is 0.286. The summed E-state index contributed by atoms with van der Waals surface area (Å²) in [5, 5.41) is 0. The smallest absolute Gasteiger partial charge is 0.266 e. The molecular formula is C21H22N2O3. The standard InChI is InChI=1S/C21H22N2O3/c1-5-13-9-7-10-14(6-2)18(13)23-20(25)16-12-8-11-15(17(16)21(23)26)19(24)22(3)4/h7-12H,5-6H2,1-4H3. The zero-order chi connectivity index (χ0) is 19.0. The number of rotatable bonds is 4. The number of benzene rings is 2. The molecule has 0 N–H and O–H groups in total. The molecule has 3 rings (SSSR count). The van der Waals surface area contributed by atoms with Gasteiger partial charge < -0.3 is 4.90 Å². The van der Waals surface area contributed by atoms with Crippen LogP contribution >= 0.6 is 0 Å². The second-order valence-corrected chi connectivity index (χ2v) is 6.51. The summed E-state index contributed by atoms with van der Waals surface area (Å²) in [4.78, 5) is 41.4. The Morgan fingerprint density at radius 3 is 2.04 bits per heavy atom. The molecule has 5 heteroatoms. The molecule has 5 nitrogen and oxygen atoms in total. The van der Waals surface area contributed by atoms with E-state index in [2.05, 4.69) is 0 Å². The van der Waals surface area contributed by atoms with Crippen molar-refractivity contribution in [1.82, 2.24) is 4.90 Å². The first-order valence-electron chi connectivity index (χ1n) is 8.76. The maximum Gasteiger partial charge on any atom is 0.266 e. The van der Waals surface area contributed by atoms with E-state index in [1.807, 2.05) is 32.0 Å². The normalized spacial score (nSPS) is 13.2. The molecule has 0 fully saturated rings. The van der Waals surface area contributed by atoms with E-state index in [9.17, 15) is 14.4 Å². The molecule has 0 aliphatic carbocycles. The summed E-state index contributed by atoms with van der Waals surface area (Å²) in [5.41, 5.74) is 3.30. The van der Waals surface area contributed by atoms with Gasteiger partial charge >= 0.3 is 0 Å². The molecule has 0 saturated carbocycles. The Morgan fingerprint density at radius 1 is 0.923 bits per heavy atom. The van der Waals surface area contributed by atoms with Gasteiger partial charge in [-0.05, 0) is 36.1 Å². The zero-order valence-corrected chi connectivity index (χ0v) is 15.5. The minimum Gasteiger partial charge on any atom is -0.345 e. The van der Waals surface area contributed by atoms with Crippen LogP contribution in [0.3, 0.4) is 0 Å². The van der Waals surface area contributed by atoms with Crippen LogP contribution in [0.25, 0.3) is 0 Å². The number of nitrogens with zero attached hydrogens (tertiary/aromatic N) is 2. The highest BCUT2D eigenvalue weighted by atomic mass is 16.2. The van der Waals surface area contributed by atoms with Crippen molar-refractivity contribution >= 4 is 23.4 Å². The minimum atomic E-state index is -0.425. The van der Waals surface area contributed by atoms with Gasteiger partial charge in [0.15, 0.2) is 0 Å². The number of fused-ring (bicyclic) bond motifs is 1. The highest BCUT2D eigenvalue weighted by Gasteiger charge is 2.41. The van der Waals surface area contributed by atoms with Crippen LogP contribution in [0.15, 0.2) is 36.4 Å². The van der Waals surface area contributed by atoms with E-state index >= 15 is 0 Å². The molecule has 0 bridgehead atoms. The van der Waals surface area contributed by atoms with E-state index in [-0.39, 0.29) is 28.5 Å². The SMILES string of the molecule is CCc1cccc(CC)c1N1C(=O)c2cccc(C(=O)N(C)C)c2C1=O. The Labute approximate surface area is 153 Å². The maximum absolute atomic E-state index is 13.2. The second kappa shape index (κ2) is 6.75. The van der Waals surface area contributed by atoms with Crippen molar-refractivity contribution in [1.29, 1.82) is 0 Å². The topological polar surface area (TPSA) is 57.7 Å². The zero-order valence-electron chi connectivity index (χ0n) is 15.5. The van der Waals surface area contributed by atoms with E-state index in [1.54, 1.807) is 32.3 Å². The van der Waals surface area contributed by atoms with E-state index in [0.29, 0.717) is 18.5 Å². The van der Waals surface area contributed by atoms with Crippen molar-refractivity contribution in [2.75, 3.05) is 19.0 Å². The number of aryl methyl sites for hydroxylation is 2. The second-order valence-electron chi connectivity index (χ2n) is 6.51. The fourth-order valence-corrected chi connectivity index (χ4v) is 3.41. The van der Waals surface area contributed by atoms with Crippen LogP contribution in [0, 0.1) is 0 Å². The Kier molecular flexibility index (Phi) is 4.64. The van der Waals surface area contributed by atoms with Gasteiger partial charge in [-0.15, -0.1) is 0 Å². The molecule has 3 amide bonds. The molecule has 2 aromatic carbocycles. The summed E-state index contributed by atoms with van der Waals surface area (Å²) in [5.74, 6) is -1.08. The molecule has 0 saturated heterocycles. The Balaban J connectivity index is 2.21. The van der Waals surface area contributed by atoms with Crippen molar-refractivity contribution in [2.24, 2.45) is 0 Å². The number of hydrogen-bond donors (Lipinski definition) is 0. The molecule has 0 atom stereocenters. The summed E-state index contributed by atoms with van der Waals surface area (Å²) in [6, 6.07) is 10.7. The van der Waals surface area contributed by atoms with Crippen molar-refractivity contribution in [2.45, 2.75) is 26.7 Å². The quantitative estimate of drug-likeness (QED) is 0.795. The van der Waals surface area contributed by atoms with Crippen LogP contribution in [0.1, 0.15) is 56.0 Å². The average molecular weight is 350 g/mol. The van der Waals surface area contributed by atoms with Crippen LogP contribution < -0.4 is 4.90 Å². The molecule has 0 unspecified atom stereocenters. The highest BCUT2D eigenvalue weighted by Crippen LogP contribution is 2.35. The summed E-state index contributed by atoms with van der Waals surface area (Å²) in [6.45, 7) is 3.99. The summed E-state index contributed by atoms with van der Waals surface area (Å²) >= 11 is 0. The van der Waals surface area contributed by atoms with Gasteiger partial charge in [0, 0.05) is 14.1 Å². The summed E-state index contributed by atoms with van der Waals surface area (Å²) in [7, 11) is 3.25. The molecule has 1 aliphatic heterocycles. The Morgan fingerprint density at radius 2 is 1.50 bits per heavy atom. The van der Waals surface area contributed by atoms with E-state index in [4.69, 9.17) is 0 Å². The Bertz CT molecular complexity index is 893. The lowest BCUT2D eigenvalue weighted by Gasteiger charge is -2.21. The molecule has 26 heavy (non-hydrogen) atoms. The van der Waals surface area contributed by atoms with Crippen molar-refractivity contribution in [3.63, 3.8) is 0 Å². The first-order chi connectivity index (χ1) is 12.4. The van der Waals surface area contributed by atoms with Gasteiger partial charge in [0.05, 0.1) is 22.4 Å². The van der Waals surface area contributed by atoms with E-state index in [1.165, 1.54) is 9.80 Å². The molecule has 0 aromatic heterocycles. The summed E-state index contributed by atoms with van der Waals surface area (Å²) < 4.78 is 0. The number of hydrogen-bond acceptors (Lipinski definition) is 3. The van der Waals surface area contributed by atoms with Crippen LogP contribution in [-0.4, -0.2) is 36.7 Å². The molecule has 0 radical (unpaired) electrons. The highest BCUT2D eigenvalue weighted by molar-refractivity contribution is 6.36. The van der Waals surface area contributed by atoms with E-state index < -0.39 is 5.91 Å². The van der Waals surface area contributed by atoms with Gasteiger partial charge in [-0.3, -0.25) is 14.4 Å². The van der Waals surface area contributed by atoms with Crippen LogP contribution in [-0.2, 0) is 12.8 Å². The molecular weight excluding hydrogens is 328 g/mol. The van der Waals surface area contributed by atoms with Gasteiger partial charge in [0.1, 0.15) is 0 Å². The third-order valence-electron chi connectivity index (χ3n) is 4.74. The predicted molar refractivity (Wildman–Crippen MR) is 101 cm³/mol. The lowest BCUT2D eigenvalue weighted by atomic mass is 10.0. The fourth-order valence-electron chi connectivity index (χ4n) is 3.41. The number of para-hydroxylation sites is 1. The van der Waals surface area contributed by atoms with Crippen LogP contribution in [0.5, 0.6) is 0 Å². The van der Waals surface area contributed by atoms with Gasteiger partial charge in [-0.25, -0.2) is 4.90 Å². The van der Waals surface area contributed by atoms with E-state index in [0.717, 1.165) is 11.1 Å². The Hall–Kier alpha value is -2.95. The van der Waals surface area contributed by atoms with Crippen molar-refractivity contribution in [3.8, 4) is 0 Å². The predicted octanol–water partition coefficient (Wildman–Crippen LogP) is 3.31. The number of anilines is 1. The van der Waals surface area contributed by atoms with Crippen LogP contribution in [0.2, 0.25) is 0 Å². The molecule has 2 aromatic rings. The molecule has 1 heterocycles. The third-order valence-corrected chi connectivity index (χ3v) is 4.74. The van der Waals surface area contributed by atoms with Gasteiger partial charge in [0.2, 0.25) is 0 Å². The van der Waals surface area contributed by atoms with Gasteiger partial charge in [0.25, 0.3) is 17.7 Å². The maximum atomic E-state index is 13.2. The van der Waals surface area contributed by atoms with Gasteiger partial charge in [-0.2, -0.15) is 0 Å². The summed E-state index contributed by atoms with van der Waals surface area (Å²) in [6.07, 6.45) is 1.42. The lowest BCUT2D eigenvalue weighted by Crippen LogP contribution is -2.32. The average Bonchev–Trinajstić information content (AvgIpc) is 2.90. The van der Waals surface area contributed by atoms with Gasteiger partial charge in [-0.1, -0.05) is 38.1 Å². The lowest BCUT2D eigenvalue weighted by molar-refractivity contribution is 0.0819. The first-order valence-corrected chi connectivity index (χ1v) is 8.76. The molecule has 134 valence electrons. The number of carbonyl (C=O) groups excluding carboxylic acids is 3. The number of carbonyl (C=O) groups is 3. The van der Waals surface area contributed by atoms with Crippen molar-refractivity contribution < 1.29 is 14.4 Å². The third kappa shape index (κ3) is 2.60. The number of imide groups is 1. The van der Waals surface area contributed by atoms with Crippen LogP contribution in [0.4, 0.5) is 5.69 Å². The minimum absolute atomic E-state index is 0.198. The first kappa shape index (κ1) is 17.9. The monoisotopic (exact) mass is 350 g/mol. The molecule has 0 spiro atoms. The number of amides is 3. The largest absolute Gasteiger partial charge is 0.345 e.